The summed E-state index contributed by atoms with van der Waals surface area (Å²) in [5.74, 6) is 1.09. The first-order chi connectivity index (χ1) is 7.91. The molecule has 0 spiro atoms. The number of carboxylic acids is 1. The topological polar surface area (TPSA) is 76.2 Å². The van der Waals surface area contributed by atoms with Crippen LogP contribution >= 0.6 is 11.8 Å². The highest BCUT2D eigenvalue weighted by atomic mass is 32.2. The van der Waals surface area contributed by atoms with Crippen molar-refractivity contribution in [3.63, 3.8) is 0 Å². The Morgan fingerprint density at radius 3 is 2.47 bits per heavy atom. The van der Waals surface area contributed by atoms with Crippen LogP contribution < -0.4 is 0 Å². The monoisotopic (exact) mass is 258 g/mol. The predicted octanol–water partition coefficient (Wildman–Crippen LogP) is 2.54. The molecule has 0 bridgehead atoms. The Labute approximate surface area is 105 Å². The average Bonchev–Trinajstić information content (AvgIpc) is 2.65. The fraction of sp³-hybridized carbons (Fsp3) is 0.727. The van der Waals surface area contributed by atoms with Gasteiger partial charge in [-0.05, 0) is 5.92 Å². The lowest BCUT2D eigenvalue weighted by Crippen LogP contribution is -2.22. The second kappa shape index (κ2) is 6.05. The molecule has 1 heterocycles. The molecule has 0 saturated carbocycles. The van der Waals surface area contributed by atoms with E-state index >= 15 is 0 Å². The number of aromatic nitrogens is 2. The van der Waals surface area contributed by atoms with E-state index < -0.39 is 11.2 Å². The van der Waals surface area contributed by atoms with E-state index in [1.807, 2.05) is 27.7 Å². The summed E-state index contributed by atoms with van der Waals surface area (Å²) in [6.45, 7) is 7.74. The zero-order valence-corrected chi connectivity index (χ0v) is 11.3. The van der Waals surface area contributed by atoms with Crippen LogP contribution in [0.4, 0.5) is 0 Å². The highest BCUT2D eigenvalue weighted by Crippen LogP contribution is 2.23. The first-order valence-electron chi connectivity index (χ1n) is 5.58. The minimum Gasteiger partial charge on any atom is -0.480 e. The first-order valence-corrected chi connectivity index (χ1v) is 6.63. The van der Waals surface area contributed by atoms with Gasteiger partial charge in [-0.1, -0.05) is 32.9 Å². The summed E-state index contributed by atoms with van der Waals surface area (Å²) in [4.78, 5) is 15.2. The molecule has 0 aliphatic heterocycles. The molecule has 0 aliphatic rings. The van der Waals surface area contributed by atoms with E-state index in [1.54, 1.807) is 0 Å². The highest BCUT2D eigenvalue weighted by molar-refractivity contribution is 7.99. The van der Waals surface area contributed by atoms with Gasteiger partial charge in [0, 0.05) is 5.92 Å². The van der Waals surface area contributed by atoms with Crippen molar-refractivity contribution in [2.75, 3.05) is 0 Å². The molecule has 1 rings (SSSR count). The summed E-state index contributed by atoms with van der Waals surface area (Å²) < 4.78 is 5.06. The van der Waals surface area contributed by atoms with Crippen LogP contribution in [0.1, 0.15) is 45.3 Å². The number of aliphatic carboxylic acids is 1. The molecule has 17 heavy (non-hydrogen) atoms. The lowest BCUT2D eigenvalue weighted by atomic mass is 10.1. The number of carbonyl (C=O) groups is 1. The molecular formula is C11H18N2O3S. The van der Waals surface area contributed by atoms with Gasteiger partial charge in [0.15, 0.2) is 5.82 Å². The number of hydrogen-bond donors (Lipinski definition) is 1. The van der Waals surface area contributed by atoms with Crippen LogP contribution in [-0.4, -0.2) is 26.5 Å². The van der Waals surface area contributed by atoms with Gasteiger partial charge < -0.3 is 9.63 Å². The summed E-state index contributed by atoms with van der Waals surface area (Å²) in [5, 5.41) is 12.4. The molecule has 6 heteroatoms. The van der Waals surface area contributed by atoms with Crippen LogP contribution in [0.5, 0.6) is 0 Å². The third-order valence-corrected chi connectivity index (χ3v) is 3.75. The number of nitrogens with zero attached hydrogens (tertiary/aromatic N) is 2. The van der Waals surface area contributed by atoms with E-state index in [0.717, 1.165) is 0 Å². The third-order valence-electron chi connectivity index (χ3n) is 2.24. The molecular weight excluding hydrogens is 240 g/mol. The van der Waals surface area contributed by atoms with Crippen LogP contribution in [0.2, 0.25) is 0 Å². The Morgan fingerprint density at radius 1 is 1.41 bits per heavy atom. The van der Waals surface area contributed by atoms with Crippen molar-refractivity contribution >= 4 is 17.7 Å². The Kier molecular flexibility index (Phi) is 4.99. The smallest absolute Gasteiger partial charge is 0.316 e. The fourth-order valence-electron chi connectivity index (χ4n) is 1.27. The predicted molar refractivity (Wildman–Crippen MR) is 65.9 cm³/mol. The van der Waals surface area contributed by atoms with E-state index in [2.05, 4.69) is 10.1 Å². The van der Waals surface area contributed by atoms with E-state index in [1.165, 1.54) is 11.8 Å². The molecule has 1 N–H and O–H groups in total. The lowest BCUT2D eigenvalue weighted by molar-refractivity contribution is -0.137. The van der Waals surface area contributed by atoms with Gasteiger partial charge in [0.1, 0.15) is 5.25 Å². The Balaban J connectivity index is 2.56. The van der Waals surface area contributed by atoms with Gasteiger partial charge in [0.25, 0.3) is 0 Å². The summed E-state index contributed by atoms with van der Waals surface area (Å²) >= 11 is 1.32. The van der Waals surface area contributed by atoms with Crippen molar-refractivity contribution < 1.29 is 14.4 Å². The van der Waals surface area contributed by atoms with Crippen molar-refractivity contribution in [3.8, 4) is 0 Å². The summed E-state index contributed by atoms with van der Waals surface area (Å²) in [6, 6.07) is 0. The zero-order chi connectivity index (χ0) is 13.0. The number of rotatable bonds is 6. The maximum atomic E-state index is 11.0. The van der Waals surface area contributed by atoms with Gasteiger partial charge in [-0.3, -0.25) is 4.79 Å². The average molecular weight is 258 g/mol. The van der Waals surface area contributed by atoms with Crippen LogP contribution in [0.3, 0.4) is 0 Å². The quantitative estimate of drug-likeness (QED) is 0.845. The third kappa shape index (κ3) is 4.03. The van der Waals surface area contributed by atoms with Crippen molar-refractivity contribution in [2.24, 2.45) is 5.92 Å². The molecule has 0 aromatic carbocycles. The van der Waals surface area contributed by atoms with E-state index in [0.29, 0.717) is 17.5 Å². The van der Waals surface area contributed by atoms with Gasteiger partial charge >= 0.3 is 5.97 Å². The molecule has 1 unspecified atom stereocenters. The standard InChI is InChI=1S/C11H18N2O3S/c1-6(2)9(11(14)15)17-5-8-12-10(7(3)4)13-16-8/h6-7,9H,5H2,1-4H3,(H,14,15). The maximum Gasteiger partial charge on any atom is 0.316 e. The number of hydrogen-bond acceptors (Lipinski definition) is 5. The molecule has 0 aliphatic carbocycles. The summed E-state index contributed by atoms with van der Waals surface area (Å²) in [5.41, 5.74) is 0. The van der Waals surface area contributed by atoms with Crippen LogP contribution in [0.25, 0.3) is 0 Å². The molecule has 0 fully saturated rings. The molecule has 0 amide bonds. The largest absolute Gasteiger partial charge is 0.480 e. The Bertz CT molecular complexity index is 377. The molecule has 0 radical (unpaired) electrons. The SMILES string of the molecule is CC(C)c1noc(CSC(C(=O)O)C(C)C)n1. The number of thioether (sulfide) groups is 1. The van der Waals surface area contributed by atoms with Crippen LogP contribution in [0.15, 0.2) is 4.52 Å². The zero-order valence-electron chi connectivity index (χ0n) is 10.5. The number of carboxylic acid groups (broad SMARTS) is 1. The van der Waals surface area contributed by atoms with Gasteiger partial charge in [0.05, 0.1) is 5.75 Å². The second-order valence-electron chi connectivity index (χ2n) is 4.51. The van der Waals surface area contributed by atoms with Gasteiger partial charge in [-0.15, -0.1) is 11.8 Å². The maximum absolute atomic E-state index is 11.0. The van der Waals surface area contributed by atoms with E-state index in [9.17, 15) is 4.79 Å². The minimum atomic E-state index is -0.798. The molecule has 96 valence electrons. The normalized spacial score (nSPS) is 13.3. The highest BCUT2D eigenvalue weighted by Gasteiger charge is 2.23. The van der Waals surface area contributed by atoms with Crippen molar-refractivity contribution in [1.29, 1.82) is 0 Å². The van der Waals surface area contributed by atoms with Gasteiger partial charge in [0.2, 0.25) is 5.89 Å². The summed E-state index contributed by atoms with van der Waals surface area (Å²) in [7, 11) is 0. The molecule has 1 atom stereocenters. The van der Waals surface area contributed by atoms with Crippen LogP contribution in [0, 0.1) is 5.92 Å². The van der Waals surface area contributed by atoms with E-state index in [-0.39, 0.29) is 11.8 Å². The van der Waals surface area contributed by atoms with E-state index in [4.69, 9.17) is 9.63 Å². The molecule has 5 nitrogen and oxygen atoms in total. The van der Waals surface area contributed by atoms with Crippen molar-refractivity contribution in [1.82, 2.24) is 10.1 Å². The lowest BCUT2D eigenvalue weighted by Gasteiger charge is -2.13. The molecule has 0 saturated heterocycles. The van der Waals surface area contributed by atoms with Crippen molar-refractivity contribution in [2.45, 2.75) is 44.6 Å². The first kappa shape index (κ1) is 14.0. The Hall–Kier alpha value is -1.04. The van der Waals surface area contributed by atoms with Crippen molar-refractivity contribution in [3.05, 3.63) is 11.7 Å². The molecule has 1 aromatic rings. The van der Waals surface area contributed by atoms with Gasteiger partial charge in [-0.2, -0.15) is 4.98 Å². The Morgan fingerprint density at radius 2 is 2.06 bits per heavy atom. The molecule has 1 aromatic heterocycles. The van der Waals surface area contributed by atoms with Crippen LogP contribution in [-0.2, 0) is 10.5 Å². The second-order valence-corrected chi connectivity index (χ2v) is 5.64. The van der Waals surface area contributed by atoms with Gasteiger partial charge in [-0.25, -0.2) is 0 Å². The summed E-state index contributed by atoms with van der Waals surface area (Å²) in [6.07, 6.45) is 0. The minimum absolute atomic E-state index is 0.0741. The fourth-order valence-corrected chi connectivity index (χ4v) is 2.24.